The fraction of sp³-hybridized carbons (Fsp3) is 0.414. The highest BCUT2D eigenvalue weighted by Gasteiger charge is 2.43. The molecule has 0 spiro atoms. The summed E-state index contributed by atoms with van der Waals surface area (Å²) < 4.78 is 0. The van der Waals surface area contributed by atoms with Crippen LogP contribution in [0.1, 0.15) is 394 Å². The van der Waals surface area contributed by atoms with Crippen molar-refractivity contribution in [1.29, 1.82) is 0 Å². The number of benzene rings is 15. The van der Waals surface area contributed by atoms with E-state index in [1.165, 1.54) is 296 Å². The third-order valence-corrected chi connectivity index (χ3v) is 45.1. The van der Waals surface area contributed by atoms with Crippen molar-refractivity contribution in [3.8, 4) is 70.3 Å². The Kier molecular flexibility index (Phi) is 37.5. The molecule has 0 saturated carbocycles. The van der Waals surface area contributed by atoms with Gasteiger partial charge in [-0.1, -0.05) is 459 Å². The van der Waals surface area contributed by atoms with Crippen molar-refractivity contribution >= 4 is 124 Å². The van der Waals surface area contributed by atoms with Crippen LogP contribution in [0.3, 0.4) is 0 Å². The Hall–Kier alpha value is -11.3. The second kappa shape index (κ2) is 50.8. The summed E-state index contributed by atoms with van der Waals surface area (Å²) in [6.07, 6.45) is 42.3. The van der Waals surface area contributed by atoms with Crippen LogP contribution in [0.25, 0.3) is 108 Å². The minimum Gasteiger partial charge on any atom is -0.125 e. The van der Waals surface area contributed by atoms with Gasteiger partial charge in [0, 0.05) is 55.6 Å². The van der Waals surface area contributed by atoms with E-state index in [0.717, 1.165) is 120 Å². The highest BCUT2D eigenvalue weighted by molar-refractivity contribution is 6.91. The summed E-state index contributed by atoms with van der Waals surface area (Å²) in [6.45, 7) is 40.7. The van der Waals surface area contributed by atoms with E-state index in [1.54, 1.807) is 0 Å². The first-order valence-electron chi connectivity index (χ1n) is 56.3. The maximum absolute atomic E-state index is 4.14. The van der Waals surface area contributed by atoms with Crippen LogP contribution in [0.2, 0.25) is 33.2 Å². The molecule has 0 bridgehead atoms. The molecular formula is C140H162Si2. The predicted octanol–water partition coefficient (Wildman–Crippen LogP) is 40.5. The molecular weight excluding hydrogens is 1740 g/mol. The van der Waals surface area contributed by atoms with Crippen LogP contribution < -0.4 is 0 Å². The minimum atomic E-state index is -2.03. The number of unbranched alkanes of at least 4 members (excludes halogenated alkanes) is 25. The van der Waals surface area contributed by atoms with Gasteiger partial charge in [0.2, 0.25) is 0 Å². The molecule has 0 aromatic heterocycles. The zero-order chi connectivity index (χ0) is 99.7. The van der Waals surface area contributed by atoms with E-state index in [1.807, 2.05) is 0 Å². The third-order valence-electron chi connectivity index (χ3n) is 32.5. The van der Waals surface area contributed by atoms with Crippen LogP contribution in [0.15, 0.2) is 212 Å². The molecule has 15 aromatic carbocycles. The molecule has 0 fully saturated rings. The summed E-state index contributed by atoms with van der Waals surface area (Å²) in [5.74, 6) is 39.4. The molecule has 142 heavy (non-hydrogen) atoms. The van der Waals surface area contributed by atoms with E-state index in [2.05, 4.69) is 400 Å². The lowest BCUT2D eigenvalue weighted by Crippen LogP contribution is -2.43. The third kappa shape index (κ3) is 23.8. The number of rotatable bonds is 41. The van der Waals surface area contributed by atoms with Crippen molar-refractivity contribution in [3.63, 3.8) is 0 Å². The zero-order valence-corrected chi connectivity index (χ0v) is 91.9. The van der Waals surface area contributed by atoms with Crippen LogP contribution in [-0.2, 0) is 32.1 Å². The molecule has 0 unspecified atom stereocenters. The molecule has 0 aliphatic rings. The Morgan fingerprint density at radius 2 is 0.282 bits per heavy atom. The second-order valence-electron chi connectivity index (χ2n) is 43.7. The molecule has 0 aliphatic heterocycles. The van der Waals surface area contributed by atoms with E-state index in [-0.39, 0.29) is 0 Å². The standard InChI is InChI=1S/C140H162Si2/c1-18-23-28-33-38-43-68-116-121-73-48-58-106(83-85-108-60-50-75-123-117(69-44-39-34-29-24-19-2)125-77-52-62-110(135(125)96-133(108)123)87-89-112-64-54-79-127-119(71-46-41-36-31-26-21-4)129-81-56-66-114(139(129)98-137(112)127)91-93-141(100(6)7,101(8)9)102(10)11)131(121)95-132-107(59-49-74-122(116)132)84-86-109-61-51-76-124-118(70-45-40-35-30-25-20-3)126-78-53-63-111(136(126)97-134(109)124)88-90-113-65-55-80-128-120(72-47-42-37-32-27-22-5)130-82-57-67-115(140(130)99-138(113)128)92-94-142(103(12)13,104(14)15)105(16)17/h48-67,73-82,95-105H,18-47,68-72H2,1-17H3. The number of aryl methyl sites for hydroxylation is 5. The number of fused-ring (bicyclic) bond motifs is 10. The predicted molar refractivity (Wildman–Crippen MR) is 632 cm³/mol. The van der Waals surface area contributed by atoms with Gasteiger partial charge in [-0.2, -0.15) is 0 Å². The topological polar surface area (TPSA) is 0 Å². The molecule has 0 N–H and O–H groups in total. The van der Waals surface area contributed by atoms with Gasteiger partial charge in [0.25, 0.3) is 0 Å². The summed E-state index contributed by atoms with van der Waals surface area (Å²) in [5, 5.41) is 25.1. The molecule has 0 amide bonds. The van der Waals surface area contributed by atoms with Crippen LogP contribution >= 0.6 is 0 Å². The monoisotopic (exact) mass is 1900 g/mol. The molecule has 0 saturated heterocycles. The van der Waals surface area contributed by atoms with Crippen molar-refractivity contribution in [2.45, 2.75) is 376 Å². The van der Waals surface area contributed by atoms with Crippen molar-refractivity contribution in [3.05, 3.63) is 296 Å². The van der Waals surface area contributed by atoms with Crippen LogP contribution in [0.4, 0.5) is 0 Å². The van der Waals surface area contributed by atoms with Gasteiger partial charge in [0.05, 0.1) is 0 Å². The molecule has 0 aliphatic carbocycles. The summed E-state index contributed by atoms with van der Waals surface area (Å²) in [4.78, 5) is 0. The van der Waals surface area contributed by atoms with E-state index in [9.17, 15) is 0 Å². The molecule has 0 atom stereocenters. The van der Waals surface area contributed by atoms with Crippen molar-refractivity contribution in [2.75, 3.05) is 0 Å². The maximum atomic E-state index is 4.14. The Morgan fingerprint density at radius 1 is 0.155 bits per heavy atom. The normalized spacial score (nSPS) is 11.9. The largest absolute Gasteiger partial charge is 0.146 e. The van der Waals surface area contributed by atoms with Crippen molar-refractivity contribution in [1.82, 2.24) is 0 Å². The maximum Gasteiger partial charge on any atom is 0.146 e. The summed E-state index contributed by atoms with van der Waals surface area (Å²) >= 11 is 0. The highest BCUT2D eigenvalue weighted by atomic mass is 28.3. The summed E-state index contributed by atoms with van der Waals surface area (Å²) in [6, 6.07) is 81.4. The highest BCUT2D eigenvalue weighted by Crippen LogP contribution is 2.46. The Labute approximate surface area is 859 Å². The molecule has 2 heteroatoms. The first-order valence-corrected chi connectivity index (χ1v) is 60.8. The SMILES string of the molecule is CCCCCCCCc1c2cccc(C#Cc3cccc4c(CCCCCCCC)c5cccc(C#Cc6cccc7c(CCCCCCCC)c8cccc(C#C[Si](C(C)C)(C(C)C)C(C)C)c8cc67)c5cc34)c2cc2c(C#Cc3cccc4c(CCCCCCCC)c5cccc(C#Cc6cccc7c(CCCCCCCC)c8cccc(C#C[Si](C(C)C)(C(C)C)C(C)C)c8cc67)c5cc34)cccc12. The lowest BCUT2D eigenvalue weighted by molar-refractivity contribution is 0.609. The van der Waals surface area contributed by atoms with Crippen molar-refractivity contribution in [2.24, 2.45) is 0 Å². The van der Waals surface area contributed by atoms with E-state index >= 15 is 0 Å². The second-order valence-corrected chi connectivity index (χ2v) is 54.8. The average Bonchev–Trinajstić information content (AvgIpc) is 0.758. The van der Waals surface area contributed by atoms with Crippen LogP contribution in [0, 0.1) is 70.3 Å². The molecule has 0 nitrogen and oxygen atoms in total. The van der Waals surface area contributed by atoms with Gasteiger partial charge in [-0.3, -0.25) is 0 Å². The summed E-state index contributed by atoms with van der Waals surface area (Å²) in [7, 11) is -4.06. The number of hydrogen-bond donors (Lipinski definition) is 0. The molecule has 15 rings (SSSR count). The lowest BCUT2D eigenvalue weighted by atomic mass is 9.88. The Bertz CT molecular complexity index is 6920. The fourth-order valence-electron chi connectivity index (χ4n) is 24.9. The minimum absolute atomic E-state index is 0.547. The van der Waals surface area contributed by atoms with Crippen molar-refractivity contribution < 1.29 is 0 Å². The smallest absolute Gasteiger partial charge is 0.125 e. The van der Waals surface area contributed by atoms with Gasteiger partial charge in [-0.25, -0.2) is 0 Å². The van der Waals surface area contributed by atoms with Crippen LogP contribution in [-0.4, -0.2) is 16.1 Å². The Morgan fingerprint density at radius 3 is 0.415 bits per heavy atom. The lowest BCUT2D eigenvalue weighted by Gasteiger charge is -2.38. The van der Waals surface area contributed by atoms with Gasteiger partial charge in [-0.05, 0) is 324 Å². The fourth-order valence-corrected chi connectivity index (χ4v) is 35.3. The van der Waals surface area contributed by atoms with E-state index < -0.39 is 16.1 Å². The molecule has 15 aromatic rings. The zero-order valence-electron chi connectivity index (χ0n) is 89.9. The molecule has 730 valence electrons. The first-order chi connectivity index (χ1) is 69.3. The van der Waals surface area contributed by atoms with Gasteiger partial charge in [0.15, 0.2) is 0 Å². The average molecular weight is 1900 g/mol. The quantitative estimate of drug-likeness (QED) is 0.0155. The molecule has 0 heterocycles. The van der Waals surface area contributed by atoms with Crippen LogP contribution in [0.5, 0.6) is 0 Å². The first kappa shape index (κ1) is 105. The van der Waals surface area contributed by atoms with Gasteiger partial charge in [0.1, 0.15) is 16.1 Å². The van der Waals surface area contributed by atoms with Gasteiger partial charge < -0.3 is 0 Å². The van der Waals surface area contributed by atoms with E-state index in [0.29, 0.717) is 33.2 Å². The summed E-state index contributed by atoms with van der Waals surface area (Å²) in [5.41, 5.74) is 29.3. The number of hydrogen-bond acceptors (Lipinski definition) is 0. The van der Waals surface area contributed by atoms with Gasteiger partial charge >= 0.3 is 0 Å². The van der Waals surface area contributed by atoms with E-state index in [4.69, 9.17) is 0 Å². The molecule has 0 radical (unpaired) electrons. The Balaban J connectivity index is 0.853. The van der Waals surface area contributed by atoms with Gasteiger partial charge in [-0.15, -0.1) is 11.1 Å².